The number of phenolic OH excluding ortho intramolecular Hbond substituents is 1. The lowest BCUT2D eigenvalue weighted by Crippen LogP contribution is -2.03. The highest BCUT2D eigenvalue weighted by molar-refractivity contribution is 6.10. The topological polar surface area (TPSA) is 70.7 Å². The summed E-state index contributed by atoms with van der Waals surface area (Å²) in [6.45, 7) is 0. The monoisotopic (exact) mass is 268 g/mol. The third-order valence-electron chi connectivity index (χ3n) is 3.20. The number of Topliss-reactive ketones (excluding diaryl/α,β-unsaturated/α-hetero) is 1. The molecule has 0 aliphatic carbocycles. The minimum absolute atomic E-state index is 0.00373. The minimum Gasteiger partial charge on any atom is -0.508 e. The summed E-state index contributed by atoms with van der Waals surface area (Å²) in [5.74, 6) is -0.617. The molecule has 0 atom stereocenters. The summed E-state index contributed by atoms with van der Waals surface area (Å²) in [6, 6.07) is 13.6. The van der Waals surface area contributed by atoms with Crippen LogP contribution in [0.5, 0.6) is 11.7 Å². The summed E-state index contributed by atoms with van der Waals surface area (Å²) in [4.78, 5) is 12.3. The number of carbonyl (C=O) groups excluding carboxylic acids is 1. The molecule has 0 radical (unpaired) electrons. The predicted molar refractivity (Wildman–Crippen MR) is 74.0 cm³/mol. The van der Waals surface area contributed by atoms with Gasteiger partial charge in [-0.1, -0.05) is 36.4 Å². The highest BCUT2D eigenvalue weighted by Crippen LogP contribution is 2.32. The fourth-order valence-corrected chi connectivity index (χ4v) is 2.22. The number of fused-ring (bicyclic) bond motifs is 1. The molecule has 0 saturated carbocycles. The molecule has 1 heterocycles. The Balaban J connectivity index is 2.01. The number of para-hydroxylation sites is 2. The summed E-state index contributed by atoms with van der Waals surface area (Å²) in [5, 5.41) is 20.1. The van der Waals surface area contributed by atoms with Crippen LogP contribution in [0.1, 0.15) is 15.9 Å². The summed E-state index contributed by atoms with van der Waals surface area (Å²) < 4.78 is 5.16. The lowest BCUT2D eigenvalue weighted by molar-refractivity contribution is 0.0988. The smallest absolute Gasteiger partial charge is 0.294 e. The van der Waals surface area contributed by atoms with Gasteiger partial charge in [0.1, 0.15) is 16.9 Å². The first-order chi connectivity index (χ1) is 9.66. The SMILES string of the molecule is O=C(Cc1ccccc1O)c1c(O)oc2ccccc12. The maximum atomic E-state index is 12.3. The fourth-order valence-electron chi connectivity index (χ4n) is 2.22. The van der Waals surface area contributed by atoms with Crippen LogP contribution in [0, 0.1) is 0 Å². The molecule has 4 nitrogen and oxygen atoms in total. The Hall–Kier alpha value is -2.75. The Labute approximate surface area is 114 Å². The molecule has 3 rings (SSSR count). The summed E-state index contributed by atoms with van der Waals surface area (Å²) in [6.07, 6.45) is 0.00373. The van der Waals surface area contributed by atoms with Crippen molar-refractivity contribution in [1.29, 1.82) is 0 Å². The van der Waals surface area contributed by atoms with Gasteiger partial charge in [-0.25, -0.2) is 0 Å². The van der Waals surface area contributed by atoms with Gasteiger partial charge in [0, 0.05) is 17.4 Å². The Morgan fingerprint density at radius 2 is 1.70 bits per heavy atom. The van der Waals surface area contributed by atoms with Gasteiger partial charge < -0.3 is 14.6 Å². The zero-order chi connectivity index (χ0) is 14.1. The summed E-state index contributed by atoms with van der Waals surface area (Å²) in [7, 11) is 0. The first kappa shape index (κ1) is 12.3. The normalized spacial score (nSPS) is 10.8. The zero-order valence-corrected chi connectivity index (χ0v) is 10.5. The van der Waals surface area contributed by atoms with Gasteiger partial charge in [-0.05, 0) is 12.1 Å². The predicted octanol–water partition coefficient (Wildman–Crippen LogP) is 3.27. The Kier molecular flexibility index (Phi) is 2.91. The highest BCUT2D eigenvalue weighted by Gasteiger charge is 2.21. The van der Waals surface area contributed by atoms with Gasteiger partial charge in [0.05, 0.1) is 0 Å². The van der Waals surface area contributed by atoms with E-state index in [1.807, 2.05) is 0 Å². The lowest BCUT2D eigenvalue weighted by Gasteiger charge is -2.02. The van der Waals surface area contributed by atoms with Gasteiger partial charge in [0.2, 0.25) is 0 Å². The molecule has 100 valence electrons. The quantitative estimate of drug-likeness (QED) is 0.715. The Morgan fingerprint density at radius 3 is 2.50 bits per heavy atom. The molecule has 20 heavy (non-hydrogen) atoms. The first-order valence-corrected chi connectivity index (χ1v) is 6.17. The molecule has 0 aliphatic heterocycles. The summed E-state index contributed by atoms with van der Waals surface area (Å²) >= 11 is 0. The number of rotatable bonds is 3. The van der Waals surface area contributed by atoms with Crippen LogP contribution < -0.4 is 0 Å². The van der Waals surface area contributed by atoms with E-state index in [-0.39, 0.29) is 29.5 Å². The molecular weight excluding hydrogens is 256 g/mol. The average Bonchev–Trinajstić information content (AvgIpc) is 2.77. The van der Waals surface area contributed by atoms with Crippen molar-refractivity contribution < 1.29 is 19.4 Å². The largest absolute Gasteiger partial charge is 0.508 e. The van der Waals surface area contributed by atoms with E-state index in [1.165, 1.54) is 6.07 Å². The molecule has 2 aromatic carbocycles. The van der Waals surface area contributed by atoms with Crippen molar-refractivity contribution in [1.82, 2.24) is 0 Å². The molecule has 1 aromatic heterocycles. The van der Waals surface area contributed by atoms with E-state index in [2.05, 4.69) is 0 Å². The van der Waals surface area contributed by atoms with Crippen LogP contribution in [-0.4, -0.2) is 16.0 Å². The molecule has 3 aromatic rings. The number of hydrogen-bond donors (Lipinski definition) is 2. The number of phenols is 1. The molecule has 0 spiro atoms. The number of carbonyl (C=O) groups is 1. The highest BCUT2D eigenvalue weighted by atomic mass is 16.5. The van der Waals surface area contributed by atoms with Gasteiger partial charge in [0.15, 0.2) is 5.78 Å². The van der Waals surface area contributed by atoms with Crippen molar-refractivity contribution in [2.24, 2.45) is 0 Å². The maximum absolute atomic E-state index is 12.3. The van der Waals surface area contributed by atoms with Gasteiger partial charge in [-0.15, -0.1) is 0 Å². The van der Waals surface area contributed by atoms with Crippen LogP contribution in [0.15, 0.2) is 52.9 Å². The van der Waals surface area contributed by atoms with Crippen LogP contribution in [0.25, 0.3) is 11.0 Å². The van der Waals surface area contributed by atoms with Crippen molar-refractivity contribution in [3.05, 3.63) is 59.7 Å². The molecule has 0 fully saturated rings. The molecule has 0 amide bonds. The molecule has 0 bridgehead atoms. The van der Waals surface area contributed by atoms with Crippen molar-refractivity contribution >= 4 is 16.8 Å². The Bertz CT molecular complexity index is 786. The van der Waals surface area contributed by atoms with Crippen LogP contribution >= 0.6 is 0 Å². The molecule has 0 saturated heterocycles. The number of furan rings is 1. The lowest BCUT2D eigenvalue weighted by atomic mass is 10.0. The molecule has 2 N–H and O–H groups in total. The fraction of sp³-hybridized carbons (Fsp3) is 0.0625. The molecule has 4 heteroatoms. The van der Waals surface area contributed by atoms with Gasteiger partial charge in [-0.2, -0.15) is 0 Å². The third kappa shape index (κ3) is 2.01. The van der Waals surface area contributed by atoms with E-state index in [9.17, 15) is 15.0 Å². The first-order valence-electron chi connectivity index (χ1n) is 6.17. The maximum Gasteiger partial charge on any atom is 0.294 e. The van der Waals surface area contributed by atoms with Crippen molar-refractivity contribution in [2.45, 2.75) is 6.42 Å². The van der Waals surface area contributed by atoms with Crippen molar-refractivity contribution in [3.8, 4) is 11.7 Å². The van der Waals surface area contributed by atoms with Gasteiger partial charge in [-0.3, -0.25) is 4.79 Å². The van der Waals surface area contributed by atoms with E-state index in [1.54, 1.807) is 42.5 Å². The van der Waals surface area contributed by atoms with Crippen LogP contribution in [0.4, 0.5) is 0 Å². The van der Waals surface area contributed by atoms with E-state index in [0.29, 0.717) is 16.5 Å². The molecular formula is C16H12O4. The van der Waals surface area contributed by atoms with Crippen molar-refractivity contribution in [3.63, 3.8) is 0 Å². The summed E-state index contributed by atoms with van der Waals surface area (Å²) in [5.41, 5.74) is 1.14. The molecule has 0 aliphatic rings. The molecule has 0 unspecified atom stereocenters. The van der Waals surface area contributed by atoms with E-state index < -0.39 is 0 Å². The second-order valence-electron chi connectivity index (χ2n) is 4.51. The second kappa shape index (κ2) is 4.74. The number of benzene rings is 2. The zero-order valence-electron chi connectivity index (χ0n) is 10.5. The third-order valence-corrected chi connectivity index (χ3v) is 3.20. The minimum atomic E-state index is -0.383. The van der Waals surface area contributed by atoms with Crippen LogP contribution in [0.3, 0.4) is 0 Å². The van der Waals surface area contributed by atoms with E-state index in [0.717, 1.165) is 0 Å². The van der Waals surface area contributed by atoms with E-state index >= 15 is 0 Å². The number of ketones is 1. The standard InChI is InChI=1S/C16H12O4/c17-12-7-3-1-5-10(12)9-13(18)15-11-6-2-4-8-14(11)20-16(15)19/h1-8,17,19H,9H2. The van der Waals surface area contributed by atoms with Crippen molar-refractivity contribution in [2.75, 3.05) is 0 Å². The number of aromatic hydroxyl groups is 2. The average molecular weight is 268 g/mol. The second-order valence-corrected chi connectivity index (χ2v) is 4.51. The Morgan fingerprint density at radius 1 is 1.00 bits per heavy atom. The van der Waals surface area contributed by atoms with E-state index in [4.69, 9.17) is 4.42 Å². The van der Waals surface area contributed by atoms with Gasteiger partial charge >= 0.3 is 0 Å². The number of hydrogen-bond acceptors (Lipinski definition) is 4. The van der Waals surface area contributed by atoms with Crippen LogP contribution in [0.2, 0.25) is 0 Å². The van der Waals surface area contributed by atoms with Crippen LogP contribution in [-0.2, 0) is 6.42 Å². The van der Waals surface area contributed by atoms with Gasteiger partial charge in [0.25, 0.3) is 5.95 Å².